The first kappa shape index (κ1) is 12.9. The van der Waals surface area contributed by atoms with E-state index in [1.165, 1.54) is 0 Å². The molecule has 1 aliphatic carbocycles. The minimum Gasteiger partial charge on any atom is -0.507 e. The van der Waals surface area contributed by atoms with E-state index in [-0.39, 0.29) is 23.7 Å². The average Bonchev–Trinajstić information content (AvgIpc) is 2.35. The zero-order chi connectivity index (χ0) is 13.1. The van der Waals surface area contributed by atoms with Crippen molar-refractivity contribution >= 4 is 5.91 Å². The smallest absolute Gasteiger partial charge is 0.255 e. The zero-order valence-corrected chi connectivity index (χ0v) is 10.6. The monoisotopic (exact) mass is 248 g/mol. The molecular formula is C14H20N2O2. The number of nitrogens with two attached hydrogens (primary N) is 1. The van der Waals surface area contributed by atoms with E-state index in [1.807, 2.05) is 6.92 Å². The van der Waals surface area contributed by atoms with Gasteiger partial charge in [0.1, 0.15) is 5.75 Å². The van der Waals surface area contributed by atoms with E-state index in [2.05, 4.69) is 5.32 Å². The van der Waals surface area contributed by atoms with Crippen molar-refractivity contribution in [2.75, 3.05) is 0 Å². The molecular weight excluding hydrogens is 228 g/mol. The maximum Gasteiger partial charge on any atom is 0.255 e. The van der Waals surface area contributed by atoms with E-state index >= 15 is 0 Å². The van der Waals surface area contributed by atoms with Crippen molar-refractivity contribution < 1.29 is 9.90 Å². The minimum atomic E-state index is -0.237. The van der Waals surface area contributed by atoms with Crippen molar-refractivity contribution in [2.45, 2.75) is 44.7 Å². The lowest BCUT2D eigenvalue weighted by Gasteiger charge is -2.29. The van der Waals surface area contributed by atoms with Crippen molar-refractivity contribution in [3.8, 4) is 5.75 Å². The molecule has 2 rings (SSSR count). The number of nitrogens with one attached hydrogen (secondary N) is 1. The summed E-state index contributed by atoms with van der Waals surface area (Å²) in [5.74, 6) is -0.221. The van der Waals surface area contributed by atoms with Crippen LogP contribution < -0.4 is 11.1 Å². The van der Waals surface area contributed by atoms with Gasteiger partial charge in [-0.05, 0) is 31.9 Å². The molecule has 0 spiro atoms. The Morgan fingerprint density at radius 3 is 2.83 bits per heavy atom. The number of aryl methyl sites for hydroxylation is 1. The zero-order valence-electron chi connectivity index (χ0n) is 10.6. The summed E-state index contributed by atoms with van der Waals surface area (Å²) in [4.78, 5) is 12.1. The third-order valence-electron chi connectivity index (χ3n) is 3.53. The molecule has 0 radical (unpaired) electrons. The van der Waals surface area contributed by atoms with Crippen molar-refractivity contribution in [3.05, 3.63) is 29.3 Å². The highest BCUT2D eigenvalue weighted by Gasteiger charge is 2.24. The molecule has 4 heteroatoms. The molecule has 4 nitrogen and oxygen atoms in total. The summed E-state index contributed by atoms with van der Waals surface area (Å²) in [6.07, 6.45) is 4.09. The number of phenols is 1. The molecule has 0 heterocycles. The molecule has 1 fully saturated rings. The highest BCUT2D eigenvalue weighted by molar-refractivity contribution is 5.97. The van der Waals surface area contributed by atoms with Gasteiger partial charge in [-0.1, -0.05) is 24.5 Å². The SMILES string of the molecule is Cc1ccc(O)c(C(=O)NC2CCCCC2N)c1. The Kier molecular flexibility index (Phi) is 3.87. The molecule has 0 aromatic heterocycles. The van der Waals surface area contributed by atoms with E-state index in [0.717, 1.165) is 31.2 Å². The van der Waals surface area contributed by atoms with Gasteiger partial charge in [0.05, 0.1) is 5.56 Å². The number of phenolic OH excluding ortho intramolecular Hbond substituents is 1. The molecule has 1 amide bonds. The molecule has 4 N–H and O–H groups in total. The first-order valence-electron chi connectivity index (χ1n) is 6.44. The lowest BCUT2D eigenvalue weighted by Crippen LogP contribution is -2.49. The first-order valence-corrected chi connectivity index (χ1v) is 6.44. The van der Waals surface area contributed by atoms with Crippen LogP contribution in [-0.4, -0.2) is 23.1 Å². The van der Waals surface area contributed by atoms with Gasteiger partial charge in [-0.2, -0.15) is 0 Å². The molecule has 2 atom stereocenters. The van der Waals surface area contributed by atoms with E-state index in [9.17, 15) is 9.90 Å². The predicted molar refractivity (Wildman–Crippen MR) is 70.5 cm³/mol. The first-order chi connectivity index (χ1) is 8.58. The summed E-state index contributed by atoms with van der Waals surface area (Å²) in [5.41, 5.74) is 7.27. The van der Waals surface area contributed by atoms with Crippen LogP contribution in [0.25, 0.3) is 0 Å². The summed E-state index contributed by atoms with van der Waals surface area (Å²) in [6.45, 7) is 1.89. The number of rotatable bonds is 2. The lowest BCUT2D eigenvalue weighted by molar-refractivity contribution is 0.0918. The van der Waals surface area contributed by atoms with Gasteiger partial charge in [0, 0.05) is 12.1 Å². The third-order valence-corrected chi connectivity index (χ3v) is 3.53. The molecule has 1 aromatic carbocycles. The summed E-state index contributed by atoms with van der Waals surface area (Å²) >= 11 is 0. The Morgan fingerprint density at radius 1 is 1.39 bits per heavy atom. The van der Waals surface area contributed by atoms with Crippen LogP contribution in [0.15, 0.2) is 18.2 Å². The lowest BCUT2D eigenvalue weighted by atomic mass is 9.91. The normalized spacial score (nSPS) is 23.7. The largest absolute Gasteiger partial charge is 0.507 e. The quantitative estimate of drug-likeness (QED) is 0.745. The van der Waals surface area contributed by atoms with Gasteiger partial charge in [0.2, 0.25) is 0 Å². The van der Waals surface area contributed by atoms with Crippen LogP contribution >= 0.6 is 0 Å². The minimum absolute atomic E-state index is 0.0162. The summed E-state index contributed by atoms with van der Waals surface area (Å²) in [5, 5.41) is 12.6. The molecule has 1 aromatic rings. The molecule has 1 aliphatic rings. The fraction of sp³-hybridized carbons (Fsp3) is 0.500. The third kappa shape index (κ3) is 2.82. The van der Waals surface area contributed by atoms with Crippen molar-refractivity contribution in [2.24, 2.45) is 5.73 Å². The van der Waals surface area contributed by atoms with Gasteiger partial charge in [0.25, 0.3) is 5.91 Å². The van der Waals surface area contributed by atoms with Crippen molar-refractivity contribution in [1.82, 2.24) is 5.32 Å². The van der Waals surface area contributed by atoms with E-state index in [4.69, 9.17) is 5.73 Å². The van der Waals surface area contributed by atoms with E-state index < -0.39 is 0 Å². The standard InChI is InChI=1S/C14H20N2O2/c1-9-6-7-13(17)10(8-9)14(18)16-12-5-3-2-4-11(12)15/h6-8,11-12,17H,2-5,15H2,1H3,(H,16,18). The number of hydrogen-bond acceptors (Lipinski definition) is 3. The van der Waals surface area contributed by atoms with Crippen LogP contribution in [0.5, 0.6) is 5.75 Å². The number of carbonyl (C=O) groups excluding carboxylic acids is 1. The van der Waals surface area contributed by atoms with Crippen LogP contribution in [0.3, 0.4) is 0 Å². The Labute approximate surface area is 107 Å². The van der Waals surface area contributed by atoms with Gasteiger partial charge in [0.15, 0.2) is 0 Å². The second-order valence-corrected chi connectivity index (χ2v) is 5.05. The van der Waals surface area contributed by atoms with Gasteiger partial charge < -0.3 is 16.2 Å². The maximum atomic E-state index is 12.1. The van der Waals surface area contributed by atoms with Gasteiger partial charge >= 0.3 is 0 Å². The fourth-order valence-electron chi connectivity index (χ4n) is 2.42. The second-order valence-electron chi connectivity index (χ2n) is 5.05. The van der Waals surface area contributed by atoms with Gasteiger partial charge in [-0.25, -0.2) is 0 Å². The number of benzene rings is 1. The highest BCUT2D eigenvalue weighted by Crippen LogP contribution is 2.21. The van der Waals surface area contributed by atoms with Crippen molar-refractivity contribution in [3.63, 3.8) is 0 Å². The summed E-state index contributed by atoms with van der Waals surface area (Å²) in [6, 6.07) is 5.06. The van der Waals surface area contributed by atoms with E-state index in [1.54, 1.807) is 18.2 Å². The molecule has 0 aliphatic heterocycles. The average molecular weight is 248 g/mol. The number of hydrogen-bond donors (Lipinski definition) is 3. The van der Waals surface area contributed by atoms with Crippen LogP contribution in [0, 0.1) is 6.92 Å². The van der Waals surface area contributed by atoms with Crippen LogP contribution in [-0.2, 0) is 0 Å². The summed E-state index contributed by atoms with van der Waals surface area (Å²) in [7, 11) is 0. The fourth-order valence-corrected chi connectivity index (χ4v) is 2.42. The van der Waals surface area contributed by atoms with Crippen LogP contribution in [0.1, 0.15) is 41.6 Å². The Balaban J connectivity index is 2.09. The van der Waals surface area contributed by atoms with E-state index in [0.29, 0.717) is 5.56 Å². The molecule has 98 valence electrons. The molecule has 2 unspecified atom stereocenters. The summed E-state index contributed by atoms with van der Waals surface area (Å²) < 4.78 is 0. The molecule has 1 saturated carbocycles. The Hall–Kier alpha value is -1.55. The molecule has 0 bridgehead atoms. The highest BCUT2D eigenvalue weighted by atomic mass is 16.3. The van der Waals surface area contributed by atoms with Gasteiger partial charge in [-0.15, -0.1) is 0 Å². The number of aromatic hydroxyl groups is 1. The van der Waals surface area contributed by atoms with Crippen molar-refractivity contribution in [1.29, 1.82) is 0 Å². The maximum absolute atomic E-state index is 12.1. The van der Waals surface area contributed by atoms with Gasteiger partial charge in [-0.3, -0.25) is 4.79 Å². The Bertz CT molecular complexity index is 445. The topological polar surface area (TPSA) is 75.3 Å². The Morgan fingerprint density at radius 2 is 2.11 bits per heavy atom. The second kappa shape index (κ2) is 5.40. The molecule has 0 saturated heterocycles. The number of carbonyl (C=O) groups is 1. The molecule has 18 heavy (non-hydrogen) atoms. The predicted octanol–water partition coefficient (Wildman–Crippen LogP) is 1.70. The van der Waals surface area contributed by atoms with Crippen LogP contribution in [0.2, 0.25) is 0 Å². The van der Waals surface area contributed by atoms with Crippen LogP contribution in [0.4, 0.5) is 0 Å². The number of amides is 1.